The molecule has 0 aromatic rings. The van der Waals surface area contributed by atoms with Gasteiger partial charge in [-0.3, -0.25) is 9.59 Å². The van der Waals surface area contributed by atoms with E-state index in [0.717, 1.165) is 19.3 Å². The van der Waals surface area contributed by atoms with E-state index in [9.17, 15) is 9.59 Å². The molecule has 17 heavy (non-hydrogen) atoms. The molecule has 0 heterocycles. The largest absolute Gasteiger partial charge is 0.345 e. The average Bonchev–Trinajstić information content (AvgIpc) is 2.82. The van der Waals surface area contributed by atoms with E-state index >= 15 is 0 Å². The van der Waals surface area contributed by atoms with Gasteiger partial charge in [0.05, 0.1) is 13.1 Å². The highest BCUT2D eigenvalue weighted by atomic mass is 16.2. The van der Waals surface area contributed by atoms with Crippen LogP contribution < -0.4 is 10.6 Å². The zero-order chi connectivity index (χ0) is 12.7. The number of carbonyl (C=O) groups excluding carboxylic acids is 2. The van der Waals surface area contributed by atoms with Crippen molar-refractivity contribution in [3.8, 4) is 24.7 Å². The quantitative estimate of drug-likeness (QED) is 0.665. The minimum Gasteiger partial charge on any atom is -0.345 e. The molecule has 4 heteroatoms. The first-order valence-electron chi connectivity index (χ1n) is 5.63. The molecule has 0 aromatic heterocycles. The second-order valence-corrected chi connectivity index (χ2v) is 3.99. The lowest BCUT2D eigenvalue weighted by atomic mass is 9.94. The molecule has 1 rings (SSSR count). The summed E-state index contributed by atoms with van der Waals surface area (Å²) < 4.78 is 0. The molecule has 90 valence electrons. The lowest BCUT2D eigenvalue weighted by molar-refractivity contribution is -0.133. The standard InChI is InChI=1S/C13H16N2O2/c1-3-8-14-12(16)10-6-5-7-11(10)13(17)15-9-4-2/h1-2,10-11H,5-9H2,(H,14,16)(H,15,17). The Balaban J connectivity index is 2.54. The fourth-order valence-corrected chi connectivity index (χ4v) is 2.13. The second kappa shape index (κ2) is 6.60. The molecule has 0 aromatic carbocycles. The van der Waals surface area contributed by atoms with Crippen LogP contribution in [0.25, 0.3) is 0 Å². The Morgan fingerprint density at radius 1 is 1.00 bits per heavy atom. The maximum Gasteiger partial charge on any atom is 0.224 e. The molecule has 2 amide bonds. The summed E-state index contributed by atoms with van der Waals surface area (Å²) in [5.41, 5.74) is 0. The number of carbonyl (C=O) groups is 2. The summed E-state index contributed by atoms with van der Waals surface area (Å²) in [7, 11) is 0. The predicted molar refractivity (Wildman–Crippen MR) is 64.5 cm³/mol. The van der Waals surface area contributed by atoms with E-state index in [1.54, 1.807) is 0 Å². The number of hydrogen-bond donors (Lipinski definition) is 2. The molecule has 0 radical (unpaired) electrons. The number of nitrogens with one attached hydrogen (secondary N) is 2. The Hall–Kier alpha value is -1.94. The lowest BCUT2D eigenvalue weighted by Gasteiger charge is -2.17. The molecule has 1 aliphatic carbocycles. The normalized spacial score (nSPS) is 22.2. The lowest BCUT2D eigenvalue weighted by Crippen LogP contribution is -2.39. The van der Waals surface area contributed by atoms with Crippen molar-refractivity contribution in [2.75, 3.05) is 13.1 Å². The zero-order valence-electron chi connectivity index (χ0n) is 9.66. The maximum absolute atomic E-state index is 11.8. The van der Waals surface area contributed by atoms with E-state index in [0.29, 0.717) is 0 Å². The third-order valence-corrected chi connectivity index (χ3v) is 2.92. The van der Waals surface area contributed by atoms with Crippen LogP contribution in [0.3, 0.4) is 0 Å². The molecule has 2 N–H and O–H groups in total. The Morgan fingerprint density at radius 3 is 1.76 bits per heavy atom. The van der Waals surface area contributed by atoms with Gasteiger partial charge in [-0.2, -0.15) is 0 Å². The first kappa shape index (κ1) is 13.1. The van der Waals surface area contributed by atoms with Crippen LogP contribution in [0.5, 0.6) is 0 Å². The molecule has 2 atom stereocenters. The molecule has 2 unspecified atom stereocenters. The second-order valence-electron chi connectivity index (χ2n) is 3.99. The van der Waals surface area contributed by atoms with Crippen molar-refractivity contribution < 1.29 is 9.59 Å². The van der Waals surface area contributed by atoms with Crippen LogP contribution in [0.15, 0.2) is 0 Å². The zero-order valence-corrected chi connectivity index (χ0v) is 9.66. The van der Waals surface area contributed by atoms with Crippen molar-refractivity contribution in [1.29, 1.82) is 0 Å². The van der Waals surface area contributed by atoms with Gasteiger partial charge in [0.25, 0.3) is 0 Å². The molecule has 0 aliphatic heterocycles. The van der Waals surface area contributed by atoms with Gasteiger partial charge in [0, 0.05) is 11.8 Å². The van der Waals surface area contributed by atoms with Gasteiger partial charge in [0.15, 0.2) is 0 Å². The van der Waals surface area contributed by atoms with Crippen LogP contribution in [0.1, 0.15) is 19.3 Å². The summed E-state index contributed by atoms with van der Waals surface area (Å²) in [4.78, 5) is 23.5. The Morgan fingerprint density at radius 2 is 1.41 bits per heavy atom. The fraction of sp³-hybridized carbons (Fsp3) is 0.538. The average molecular weight is 232 g/mol. The van der Waals surface area contributed by atoms with Crippen molar-refractivity contribution in [1.82, 2.24) is 10.6 Å². The Labute approximate surface area is 102 Å². The van der Waals surface area contributed by atoms with E-state index < -0.39 is 0 Å². The number of rotatable bonds is 4. The topological polar surface area (TPSA) is 58.2 Å². The van der Waals surface area contributed by atoms with Crippen molar-refractivity contribution in [3.63, 3.8) is 0 Å². The summed E-state index contributed by atoms with van der Waals surface area (Å²) in [6, 6.07) is 0. The molecule has 1 saturated carbocycles. The SMILES string of the molecule is C#CCNC(=O)C1CCCC1C(=O)NCC#C. The summed E-state index contributed by atoms with van der Waals surface area (Å²) in [6.45, 7) is 0.405. The molecular formula is C13H16N2O2. The third-order valence-electron chi connectivity index (χ3n) is 2.92. The van der Waals surface area contributed by atoms with E-state index in [2.05, 4.69) is 22.5 Å². The van der Waals surface area contributed by atoms with Crippen LogP contribution in [-0.2, 0) is 9.59 Å². The highest BCUT2D eigenvalue weighted by Crippen LogP contribution is 2.31. The van der Waals surface area contributed by atoms with E-state index in [1.165, 1.54) is 0 Å². The van der Waals surface area contributed by atoms with Crippen molar-refractivity contribution in [3.05, 3.63) is 0 Å². The Bertz CT molecular complexity index is 340. The molecular weight excluding hydrogens is 216 g/mol. The maximum atomic E-state index is 11.8. The molecule has 1 fully saturated rings. The molecule has 0 spiro atoms. The van der Waals surface area contributed by atoms with Crippen LogP contribution in [0.2, 0.25) is 0 Å². The van der Waals surface area contributed by atoms with Gasteiger partial charge >= 0.3 is 0 Å². The summed E-state index contributed by atoms with van der Waals surface area (Å²) in [6.07, 6.45) is 12.5. The van der Waals surface area contributed by atoms with Gasteiger partial charge in [0.2, 0.25) is 11.8 Å². The molecule has 0 saturated heterocycles. The van der Waals surface area contributed by atoms with Crippen molar-refractivity contribution in [2.24, 2.45) is 11.8 Å². The van der Waals surface area contributed by atoms with Crippen molar-refractivity contribution >= 4 is 11.8 Å². The first-order chi connectivity index (χ1) is 8.20. The van der Waals surface area contributed by atoms with E-state index in [1.807, 2.05) is 0 Å². The van der Waals surface area contributed by atoms with Gasteiger partial charge in [-0.1, -0.05) is 18.3 Å². The monoisotopic (exact) mass is 232 g/mol. The van der Waals surface area contributed by atoms with E-state index in [4.69, 9.17) is 12.8 Å². The number of terminal acetylenes is 2. The summed E-state index contributed by atoms with van der Waals surface area (Å²) in [5, 5.41) is 5.24. The third kappa shape index (κ3) is 3.53. The van der Waals surface area contributed by atoms with Crippen LogP contribution in [0.4, 0.5) is 0 Å². The summed E-state index contributed by atoms with van der Waals surface area (Å²) in [5.74, 6) is 3.85. The highest BCUT2D eigenvalue weighted by Gasteiger charge is 2.37. The fourth-order valence-electron chi connectivity index (χ4n) is 2.13. The van der Waals surface area contributed by atoms with Gasteiger partial charge in [-0.25, -0.2) is 0 Å². The molecule has 1 aliphatic rings. The number of hydrogen-bond acceptors (Lipinski definition) is 2. The molecule has 4 nitrogen and oxygen atoms in total. The van der Waals surface area contributed by atoms with Crippen LogP contribution in [0, 0.1) is 36.5 Å². The van der Waals surface area contributed by atoms with Crippen molar-refractivity contribution in [2.45, 2.75) is 19.3 Å². The predicted octanol–water partition coefficient (Wildman–Crippen LogP) is -0.0985. The number of amides is 2. The van der Waals surface area contributed by atoms with Gasteiger partial charge in [-0.15, -0.1) is 12.8 Å². The van der Waals surface area contributed by atoms with Gasteiger partial charge in [-0.05, 0) is 12.8 Å². The smallest absolute Gasteiger partial charge is 0.224 e. The first-order valence-corrected chi connectivity index (χ1v) is 5.63. The van der Waals surface area contributed by atoms with Gasteiger partial charge < -0.3 is 10.6 Å². The summed E-state index contributed by atoms with van der Waals surface area (Å²) >= 11 is 0. The van der Waals surface area contributed by atoms with E-state index in [-0.39, 0.29) is 36.7 Å². The van der Waals surface area contributed by atoms with Crippen LogP contribution >= 0.6 is 0 Å². The van der Waals surface area contributed by atoms with Crippen LogP contribution in [-0.4, -0.2) is 24.9 Å². The van der Waals surface area contributed by atoms with Gasteiger partial charge in [0.1, 0.15) is 0 Å². The molecule has 0 bridgehead atoms. The highest BCUT2D eigenvalue weighted by molar-refractivity contribution is 5.88. The minimum absolute atomic E-state index is 0.138. The minimum atomic E-state index is -0.277. The Kier molecular flexibility index (Phi) is 5.10.